The highest BCUT2D eigenvalue weighted by atomic mass is 31.2. The summed E-state index contributed by atoms with van der Waals surface area (Å²) in [5, 5.41) is 10.3. The lowest BCUT2D eigenvalue weighted by molar-refractivity contribution is -0.0501. The number of nitrogens with two attached hydrogens (primary N) is 1. The molecule has 0 spiro atoms. The first-order valence-corrected chi connectivity index (χ1v) is 12.5. The molecule has 5 rings (SSSR count). The monoisotopic (exact) mass is 525 g/mol. The fourth-order valence-electron chi connectivity index (χ4n) is 4.23. The lowest BCUT2D eigenvalue weighted by atomic mass is 10.2. The predicted octanol–water partition coefficient (Wildman–Crippen LogP) is -0.583. The molecule has 0 aliphatic carbocycles. The van der Waals surface area contributed by atoms with Crippen molar-refractivity contribution in [3.05, 3.63) is 45.8 Å². The van der Waals surface area contributed by atoms with Crippen molar-refractivity contribution in [1.82, 2.24) is 29.1 Å². The summed E-state index contributed by atoms with van der Waals surface area (Å²) in [5.41, 5.74) is 5.40. The van der Waals surface area contributed by atoms with Crippen molar-refractivity contribution >= 4 is 24.8 Å². The maximum atomic E-state index is 12.6. The molecule has 2 saturated heterocycles. The summed E-state index contributed by atoms with van der Waals surface area (Å²) in [5.74, 6) is 0.217. The Morgan fingerprint density at radius 2 is 2.00 bits per heavy atom. The minimum atomic E-state index is -4.58. The van der Waals surface area contributed by atoms with Crippen LogP contribution >= 0.6 is 7.82 Å². The molecule has 1 unspecified atom stereocenters. The number of aromatic nitrogens is 6. The van der Waals surface area contributed by atoms with Crippen LogP contribution in [0.2, 0.25) is 0 Å². The Labute approximate surface area is 202 Å². The highest BCUT2D eigenvalue weighted by molar-refractivity contribution is 7.47. The molecule has 16 nitrogen and oxygen atoms in total. The predicted molar refractivity (Wildman–Crippen MR) is 120 cm³/mol. The second-order valence-corrected chi connectivity index (χ2v) is 9.88. The van der Waals surface area contributed by atoms with E-state index in [9.17, 15) is 24.2 Å². The number of anilines is 1. The van der Waals surface area contributed by atoms with E-state index in [1.54, 1.807) is 11.5 Å². The van der Waals surface area contributed by atoms with E-state index in [2.05, 4.69) is 19.9 Å². The maximum absolute atomic E-state index is 12.6. The Bertz CT molecular complexity index is 1420. The van der Waals surface area contributed by atoms with E-state index >= 15 is 0 Å². The Morgan fingerprint density at radius 3 is 2.78 bits per heavy atom. The lowest BCUT2D eigenvalue weighted by Crippen LogP contribution is -2.31. The van der Waals surface area contributed by atoms with Gasteiger partial charge in [-0.25, -0.2) is 24.3 Å². The minimum Gasteiger partial charge on any atom is -0.390 e. The van der Waals surface area contributed by atoms with Crippen LogP contribution in [-0.2, 0) is 23.1 Å². The number of nitrogens with zero attached hydrogens (tertiary/aromatic N) is 5. The van der Waals surface area contributed by atoms with Crippen LogP contribution in [0.4, 0.5) is 5.82 Å². The standard InChI is InChI=1S/C19H24N7O9P/c1-9-11(5-15(33-9)26-8-23-16-17(20)21-7-22-18(16)26)35-36(30,31)32-6-12-10(27)4-14(34-12)25-3-2-13(28)24-19(25)29/h2-3,7-12,14-15,27H,4-6H2,1H3,(H,30,31)(H2,20,21,22)(H,24,28,29)/t9-,10+,11+,12-,14-,15-/m1/s1. The number of aromatic amines is 1. The number of imidazole rings is 1. The minimum absolute atomic E-state index is 0.0126. The van der Waals surface area contributed by atoms with Crippen molar-refractivity contribution in [3.63, 3.8) is 0 Å². The topological polar surface area (TPSA) is 219 Å². The zero-order valence-electron chi connectivity index (χ0n) is 18.9. The number of fused-ring (bicyclic) bond motifs is 1. The van der Waals surface area contributed by atoms with E-state index < -0.39 is 62.6 Å². The lowest BCUT2D eigenvalue weighted by Gasteiger charge is -2.21. The highest BCUT2D eigenvalue weighted by Crippen LogP contribution is 2.49. The number of phosphoric acid groups is 1. The van der Waals surface area contributed by atoms with E-state index in [0.29, 0.717) is 11.2 Å². The van der Waals surface area contributed by atoms with Gasteiger partial charge in [0.1, 0.15) is 30.4 Å². The van der Waals surface area contributed by atoms with Gasteiger partial charge in [0.15, 0.2) is 11.5 Å². The maximum Gasteiger partial charge on any atom is 0.472 e. The number of hydrogen-bond donors (Lipinski definition) is 4. The average molecular weight is 525 g/mol. The molecule has 0 amide bonds. The van der Waals surface area contributed by atoms with Crippen molar-refractivity contribution in [3.8, 4) is 0 Å². The van der Waals surface area contributed by atoms with Gasteiger partial charge in [0, 0.05) is 25.1 Å². The molecule has 3 aromatic rings. The van der Waals surface area contributed by atoms with Gasteiger partial charge in [-0.1, -0.05) is 0 Å². The summed E-state index contributed by atoms with van der Waals surface area (Å²) < 4.78 is 37.3. The van der Waals surface area contributed by atoms with Crippen LogP contribution < -0.4 is 17.0 Å². The van der Waals surface area contributed by atoms with Crippen LogP contribution in [0, 0.1) is 0 Å². The van der Waals surface area contributed by atoms with Gasteiger partial charge in [0.05, 0.1) is 31.2 Å². The fourth-order valence-corrected chi connectivity index (χ4v) is 5.22. The molecule has 0 bridgehead atoms. The van der Waals surface area contributed by atoms with Crippen LogP contribution in [0.25, 0.3) is 11.2 Å². The molecule has 17 heteroatoms. The van der Waals surface area contributed by atoms with E-state index in [1.807, 2.05) is 0 Å². The Balaban J connectivity index is 1.19. The number of rotatable bonds is 7. The van der Waals surface area contributed by atoms with Crippen molar-refractivity contribution in [2.24, 2.45) is 0 Å². The zero-order valence-corrected chi connectivity index (χ0v) is 19.8. The van der Waals surface area contributed by atoms with Gasteiger partial charge in [-0.15, -0.1) is 0 Å². The summed E-state index contributed by atoms with van der Waals surface area (Å²) in [6, 6.07) is 1.14. The summed E-state index contributed by atoms with van der Waals surface area (Å²) in [6.45, 7) is 1.21. The smallest absolute Gasteiger partial charge is 0.390 e. The fraction of sp³-hybridized carbons (Fsp3) is 0.526. The molecule has 7 atom stereocenters. The molecule has 3 aromatic heterocycles. The van der Waals surface area contributed by atoms with Crippen molar-refractivity contribution in [1.29, 1.82) is 0 Å². The van der Waals surface area contributed by atoms with Gasteiger partial charge in [0.25, 0.3) is 5.56 Å². The van der Waals surface area contributed by atoms with Crippen LogP contribution in [0.5, 0.6) is 0 Å². The molecule has 0 aromatic carbocycles. The van der Waals surface area contributed by atoms with E-state index in [0.717, 1.165) is 10.6 Å². The highest BCUT2D eigenvalue weighted by Gasteiger charge is 2.42. The largest absolute Gasteiger partial charge is 0.472 e. The first-order valence-electron chi connectivity index (χ1n) is 11.0. The van der Waals surface area contributed by atoms with Crippen molar-refractivity contribution in [2.45, 2.75) is 56.6 Å². The molecule has 2 fully saturated rings. The number of ether oxygens (including phenoxy) is 2. The van der Waals surface area contributed by atoms with Gasteiger partial charge >= 0.3 is 13.5 Å². The van der Waals surface area contributed by atoms with Crippen molar-refractivity contribution < 1.29 is 33.1 Å². The number of nitrogen functional groups attached to an aromatic ring is 1. The third-order valence-electron chi connectivity index (χ3n) is 6.06. The normalized spacial score (nSPS) is 30.1. The molecule has 5 heterocycles. The molecular formula is C19H24N7O9P. The van der Waals surface area contributed by atoms with Gasteiger partial charge in [-0.05, 0) is 6.92 Å². The van der Waals surface area contributed by atoms with Crippen LogP contribution in [0.15, 0.2) is 34.5 Å². The summed E-state index contributed by atoms with van der Waals surface area (Å²) in [6.07, 6.45) is -0.689. The Morgan fingerprint density at radius 1 is 1.22 bits per heavy atom. The molecule has 0 saturated carbocycles. The summed E-state index contributed by atoms with van der Waals surface area (Å²) in [4.78, 5) is 47.9. The summed E-state index contributed by atoms with van der Waals surface area (Å²) in [7, 11) is -4.58. The van der Waals surface area contributed by atoms with E-state index in [1.165, 1.54) is 18.9 Å². The van der Waals surface area contributed by atoms with Crippen molar-refractivity contribution in [2.75, 3.05) is 12.3 Å². The number of hydrogen-bond acceptors (Lipinski definition) is 12. The van der Waals surface area contributed by atoms with E-state index in [-0.39, 0.29) is 18.7 Å². The molecule has 2 aliphatic heterocycles. The van der Waals surface area contributed by atoms with E-state index in [4.69, 9.17) is 24.3 Å². The zero-order chi connectivity index (χ0) is 25.6. The first-order chi connectivity index (χ1) is 17.1. The Kier molecular flexibility index (Phi) is 6.50. The molecule has 2 aliphatic rings. The Hall–Kier alpha value is -2.98. The number of aliphatic hydroxyl groups excluding tert-OH is 1. The van der Waals surface area contributed by atoms with Gasteiger partial charge in [-0.3, -0.25) is 28.0 Å². The van der Waals surface area contributed by atoms with Crippen LogP contribution in [-0.4, -0.2) is 70.1 Å². The van der Waals surface area contributed by atoms with Gasteiger partial charge in [-0.2, -0.15) is 0 Å². The third kappa shape index (κ3) is 4.84. The number of phosphoric ester groups is 1. The first kappa shape index (κ1) is 24.7. The second-order valence-electron chi connectivity index (χ2n) is 8.47. The van der Waals surface area contributed by atoms with Crippen LogP contribution in [0.1, 0.15) is 32.2 Å². The van der Waals surface area contributed by atoms with Gasteiger partial charge < -0.3 is 25.2 Å². The molecule has 5 N–H and O–H groups in total. The molecule has 0 radical (unpaired) electrons. The molecule has 36 heavy (non-hydrogen) atoms. The number of nitrogens with one attached hydrogen (secondary N) is 1. The molecular weight excluding hydrogens is 501 g/mol. The quantitative estimate of drug-likeness (QED) is 0.284. The average Bonchev–Trinajstić information content (AvgIpc) is 3.50. The second kappa shape index (κ2) is 9.48. The molecule has 194 valence electrons. The number of H-pyrrole nitrogens is 1. The van der Waals surface area contributed by atoms with Gasteiger partial charge in [0.2, 0.25) is 0 Å². The third-order valence-corrected chi connectivity index (χ3v) is 7.08. The SMILES string of the molecule is C[C@H]1O[C@@H](n2cnc3c(N)ncnc32)C[C@@H]1OP(=O)(O)OC[C@H]1O[C@@H](n2ccc(=O)[nH]c2=O)C[C@@H]1O. The summed E-state index contributed by atoms with van der Waals surface area (Å²) >= 11 is 0. The number of aliphatic hydroxyl groups is 1. The van der Waals surface area contributed by atoms with Crippen LogP contribution in [0.3, 0.4) is 0 Å².